The minimum atomic E-state index is 0.259. The van der Waals surface area contributed by atoms with Gasteiger partial charge in [0.15, 0.2) is 0 Å². The van der Waals surface area contributed by atoms with Gasteiger partial charge in [-0.15, -0.1) is 0 Å². The summed E-state index contributed by atoms with van der Waals surface area (Å²) in [6.45, 7) is 8.43. The first kappa shape index (κ1) is 11.4. The van der Waals surface area contributed by atoms with Crippen LogP contribution in [0.3, 0.4) is 0 Å². The normalized spacial score (nSPS) is 37.0. The summed E-state index contributed by atoms with van der Waals surface area (Å²) in [5, 5.41) is 0. The van der Waals surface area contributed by atoms with Gasteiger partial charge in [-0.3, -0.25) is 4.90 Å². The minimum absolute atomic E-state index is 0.259. The first-order valence-electron chi connectivity index (χ1n) is 6.19. The average molecular weight is 212 g/mol. The highest BCUT2D eigenvalue weighted by molar-refractivity contribution is 4.93. The number of nitrogens with zero attached hydrogens (tertiary/aromatic N) is 1. The summed E-state index contributed by atoms with van der Waals surface area (Å²) in [4.78, 5) is 2.61. The molecule has 0 amide bonds. The van der Waals surface area contributed by atoms with E-state index in [2.05, 4.69) is 18.7 Å². The highest BCUT2D eigenvalue weighted by Gasteiger charge is 2.39. The monoisotopic (exact) mass is 212 g/mol. The van der Waals surface area contributed by atoms with Crippen LogP contribution >= 0.6 is 0 Å². The standard InChI is InChI=1S/C12H24N2O/c1-12(2)5-3-4-11(12)14-6-7-15-10(8-13)9-14/h10-11H,3-9,13H2,1-2H3. The van der Waals surface area contributed by atoms with E-state index in [0.717, 1.165) is 25.7 Å². The van der Waals surface area contributed by atoms with Gasteiger partial charge in [-0.1, -0.05) is 20.3 Å². The van der Waals surface area contributed by atoms with Crippen molar-refractivity contribution in [2.24, 2.45) is 11.1 Å². The Morgan fingerprint density at radius 2 is 2.27 bits per heavy atom. The van der Waals surface area contributed by atoms with Crippen LogP contribution in [0, 0.1) is 5.41 Å². The molecule has 2 aliphatic rings. The SMILES string of the molecule is CC1(C)CCCC1N1CCOC(CN)C1. The molecule has 1 saturated heterocycles. The average Bonchev–Trinajstić information content (AvgIpc) is 2.58. The van der Waals surface area contributed by atoms with Crippen molar-refractivity contribution < 1.29 is 4.74 Å². The lowest BCUT2D eigenvalue weighted by Gasteiger charge is -2.42. The fraction of sp³-hybridized carbons (Fsp3) is 1.00. The maximum Gasteiger partial charge on any atom is 0.0824 e. The largest absolute Gasteiger partial charge is 0.374 e. The van der Waals surface area contributed by atoms with Crippen LogP contribution in [0.15, 0.2) is 0 Å². The lowest BCUT2D eigenvalue weighted by molar-refractivity contribution is -0.0522. The van der Waals surface area contributed by atoms with Gasteiger partial charge in [-0.05, 0) is 18.3 Å². The Morgan fingerprint density at radius 3 is 2.87 bits per heavy atom. The Kier molecular flexibility index (Phi) is 3.33. The minimum Gasteiger partial charge on any atom is -0.374 e. The van der Waals surface area contributed by atoms with E-state index in [1.165, 1.54) is 19.3 Å². The molecule has 2 unspecified atom stereocenters. The van der Waals surface area contributed by atoms with E-state index in [1.807, 2.05) is 0 Å². The molecular formula is C12H24N2O. The molecule has 1 aliphatic carbocycles. The molecule has 88 valence electrons. The second-order valence-corrected chi connectivity index (χ2v) is 5.62. The maximum absolute atomic E-state index is 5.68. The molecule has 1 saturated carbocycles. The molecule has 0 bridgehead atoms. The van der Waals surface area contributed by atoms with E-state index in [1.54, 1.807) is 0 Å². The molecule has 0 aromatic heterocycles. The smallest absolute Gasteiger partial charge is 0.0824 e. The Morgan fingerprint density at radius 1 is 1.47 bits per heavy atom. The van der Waals surface area contributed by atoms with Crippen LogP contribution in [0.2, 0.25) is 0 Å². The first-order chi connectivity index (χ1) is 7.13. The van der Waals surface area contributed by atoms with Crippen LogP contribution in [-0.4, -0.2) is 43.3 Å². The number of nitrogens with two attached hydrogens (primary N) is 1. The van der Waals surface area contributed by atoms with Gasteiger partial charge in [0.25, 0.3) is 0 Å². The second-order valence-electron chi connectivity index (χ2n) is 5.62. The van der Waals surface area contributed by atoms with Gasteiger partial charge in [-0.2, -0.15) is 0 Å². The zero-order valence-electron chi connectivity index (χ0n) is 10.0. The van der Waals surface area contributed by atoms with Gasteiger partial charge < -0.3 is 10.5 Å². The van der Waals surface area contributed by atoms with Crippen LogP contribution in [0.25, 0.3) is 0 Å². The summed E-state index contributed by atoms with van der Waals surface area (Å²) in [6.07, 6.45) is 4.35. The topological polar surface area (TPSA) is 38.5 Å². The van der Waals surface area contributed by atoms with Gasteiger partial charge in [0.2, 0.25) is 0 Å². The Balaban J connectivity index is 1.97. The summed E-state index contributed by atoms with van der Waals surface area (Å²) in [5.41, 5.74) is 6.16. The van der Waals surface area contributed by atoms with Crippen LogP contribution in [0.1, 0.15) is 33.1 Å². The van der Waals surface area contributed by atoms with Crippen molar-refractivity contribution in [2.75, 3.05) is 26.2 Å². The molecule has 2 N–H and O–H groups in total. The van der Waals surface area contributed by atoms with Gasteiger partial charge in [0.05, 0.1) is 12.7 Å². The van der Waals surface area contributed by atoms with E-state index in [9.17, 15) is 0 Å². The number of morpholine rings is 1. The fourth-order valence-electron chi connectivity index (χ4n) is 3.15. The molecule has 15 heavy (non-hydrogen) atoms. The Hall–Kier alpha value is -0.120. The number of hydrogen-bond acceptors (Lipinski definition) is 3. The van der Waals surface area contributed by atoms with E-state index in [4.69, 9.17) is 10.5 Å². The third kappa shape index (κ3) is 2.35. The summed E-state index contributed by atoms with van der Waals surface area (Å²) < 4.78 is 5.62. The van der Waals surface area contributed by atoms with Gasteiger partial charge in [0, 0.05) is 25.7 Å². The van der Waals surface area contributed by atoms with Crippen molar-refractivity contribution in [1.29, 1.82) is 0 Å². The molecule has 0 aromatic carbocycles. The molecule has 3 heteroatoms. The van der Waals surface area contributed by atoms with E-state index in [0.29, 0.717) is 12.0 Å². The first-order valence-corrected chi connectivity index (χ1v) is 6.19. The molecule has 3 nitrogen and oxygen atoms in total. The fourth-order valence-corrected chi connectivity index (χ4v) is 3.15. The highest BCUT2D eigenvalue weighted by Crippen LogP contribution is 2.40. The second kappa shape index (κ2) is 4.40. The molecule has 1 heterocycles. The summed E-state index contributed by atoms with van der Waals surface area (Å²) in [5.74, 6) is 0. The van der Waals surface area contributed by atoms with Crippen LogP contribution in [0.5, 0.6) is 0 Å². The lowest BCUT2D eigenvalue weighted by atomic mass is 9.86. The van der Waals surface area contributed by atoms with Crippen molar-refractivity contribution in [3.05, 3.63) is 0 Å². The van der Waals surface area contributed by atoms with Crippen LogP contribution < -0.4 is 5.73 Å². The molecule has 0 spiro atoms. The molecule has 2 fully saturated rings. The predicted molar refractivity (Wildman–Crippen MR) is 61.8 cm³/mol. The number of hydrogen-bond donors (Lipinski definition) is 1. The van der Waals surface area contributed by atoms with E-state index >= 15 is 0 Å². The molecular weight excluding hydrogens is 188 g/mol. The molecule has 2 rings (SSSR count). The number of ether oxygens (including phenoxy) is 1. The third-order valence-corrected chi connectivity index (χ3v) is 4.07. The summed E-state index contributed by atoms with van der Waals surface area (Å²) in [7, 11) is 0. The molecule has 2 atom stereocenters. The van der Waals surface area contributed by atoms with Crippen LogP contribution in [0.4, 0.5) is 0 Å². The lowest BCUT2D eigenvalue weighted by Crippen LogP contribution is -2.52. The zero-order valence-corrected chi connectivity index (χ0v) is 10.0. The number of rotatable bonds is 2. The van der Waals surface area contributed by atoms with Crippen molar-refractivity contribution in [3.63, 3.8) is 0 Å². The maximum atomic E-state index is 5.68. The van der Waals surface area contributed by atoms with Crippen molar-refractivity contribution in [3.8, 4) is 0 Å². The molecule has 0 radical (unpaired) electrons. The quantitative estimate of drug-likeness (QED) is 0.748. The predicted octanol–water partition coefficient (Wildman–Crippen LogP) is 1.22. The van der Waals surface area contributed by atoms with Crippen molar-refractivity contribution in [2.45, 2.75) is 45.3 Å². The molecule has 1 aliphatic heterocycles. The van der Waals surface area contributed by atoms with Crippen LogP contribution in [-0.2, 0) is 4.74 Å². The van der Waals surface area contributed by atoms with Crippen molar-refractivity contribution >= 4 is 0 Å². The van der Waals surface area contributed by atoms with E-state index < -0.39 is 0 Å². The summed E-state index contributed by atoms with van der Waals surface area (Å²) >= 11 is 0. The van der Waals surface area contributed by atoms with Gasteiger partial charge in [-0.25, -0.2) is 0 Å². The third-order valence-electron chi connectivity index (χ3n) is 4.07. The van der Waals surface area contributed by atoms with Gasteiger partial charge in [0.1, 0.15) is 0 Å². The van der Waals surface area contributed by atoms with E-state index in [-0.39, 0.29) is 6.10 Å². The Labute approximate surface area is 93.0 Å². The highest BCUT2D eigenvalue weighted by atomic mass is 16.5. The van der Waals surface area contributed by atoms with Crippen molar-refractivity contribution in [1.82, 2.24) is 4.90 Å². The molecule has 0 aromatic rings. The summed E-state index contributed by atoms with van der Waals surface area (Å²) in [6, 6.07) is 0.746. The zero-order chi connectivity index (χ0) is 10.9. The van der Waals surface area contributed by atoms with Gasteiger partial charge >= 0.3 is 0 Å². The Bertz CT molecular complexity index is 218.